The minimum Gasteiger partial charge on any atom is -0.299 e. The van der Waals surface area contributed by atoms with Gasteiger partial charge in [0.05, 0.1) is 0 Å². The van der Waals surface area contributed by atoms with Crippen LogP contribution in [0.1, 0.15) is 59.8 Å². The van der Waals surface area contributed by atoms with Gasteiger partial charge in [-0.25, -0.2) is 0 Å². The molecule has 3 unspecified atom stereocenters. The van der Waals surface area contributed by atoms with Crippen molar-refractivity contribution in [3.05, 3.63) is 0 Å². The molecule has 0 amide bonds. The lowest BCUT2D eigenvalue weighted by atomic mass is 9.50. The van der Waals surface area contributed by atoms with E-state index in [2.05, 4.69) is 27.7 Å². The van der Waals surface area contributed by atoms with Gasteiger partial charge in [-0.05, 0) is 36.0 Å². The lowest BCUT2D eigenvalue weighted by Gasteiger charge is -2.54. The summed E-state index contributed by atoms with van der Waals surface area (Å²) in [5, 5.41) is 0. The summed E-state index contributed by atoms with van der Waals surface area (Å²) in [6, 6.07) is 0. The normalized spacial score (nSPS) is 44.9. The van der Waals surface area contributed by atoms with Crippen molar-refractivity contribution >= 4 is 5.78 Å². The molecular weight excluding hydrogens is 184 g/mol. The van der Waals surface area contributed by atoms with Gasteiger partial charge in [0.2, 0.25) is 0 Å². The fraction of sp³-hybridized carbons (Fsp3) is 0.929. The van der Waals surface area contributed by atoms with E-state index in [0.29, 0.717) is 28.4 Å². The molecule has 1 nitrogen and oxygen atoms in total. The van der Waals surface area contributed by atoms with Crippen molar-refractivity contribution in [2.75, 3.05) is 0 Å². The molecule has 3 atom stereocenters. The Morgan fingerprint density at radius 1 is 1.20 bits per heavy atom. The third kappa shape index (κ3) is 1.74. The summed E-state index contributed by atoms with van der Waals surface area (Å²) >= 11 is 0. The number of Topliss-reactive ketones (excluding diaryl/α,β-unsaturated/α-hetero) is 1. The van der Waals surface area contributed by atoms with Gasteiger partial charge in [-0.15, -0.1) is 0 Å². The standard InChI is InChI=1S/C14H24O/c1-10-9-14(4)7-5-6-13(2,3)12(14)8-11(10)15/h10,12H,5-9H2,1-4H3. The maximum absolute atomic E-state index is 11.9. The van der Waals surface area contributed by atoms with Crippen molar-refractivity contribution in [3.63, 3.8) is 0 Å². The average molecular weight is 208 g/mol. The van der Waals surface area contributed by atoms with Gasteiger partial charge < -0.3 is 0 Å². The molecule has 0 aromatic carbocycles. The zero-order chi connectivity index (χ0) is 11.3. The van der Waals surface area contributed by atoms with E-state index < -0.39 is 0 Å². The minimum absolute atomic E-state index is 0.306. The quantitative estimate of drug-likeness (QED) is 0.591. The van der Waals surface area contributed by atoms with Crippen LogP contribution in [-0.2, 0) is 4.79 Å². The molecule has 0 radical (unpaired) electrons. The van der Waals surface area contributed by atoms with Crippen molar-refractivity contribution in [2.45, 2.75) is 59.8 Å². The largest absolute Gasteiger partial charge is 0.299 e. The Morgan fingerprint density at radius 2 is 1.87 bits per heavy atom. The second kappa shape index (κ2) is 3.33. The van der Waals surface area contributed by atoms with Crippen LogP contribution in [0.3, 0.4) is 0 Å². The summed E-state index contributed by atoms with van der Waals surface area (Å²) in [6.45, 7) is 9.25. The minimum atomic E-state index is 0.306. The number of hydrogen-bond donors (Lipinski definition) is 0. The Morgan fingerprint density at radius 3 is 2.53 bits per heavy atom. The number of ketones is 1. The van der Waals surface area contributed by atoms with Crippen molar-refractivity contribution in [3.8, 4) is 0 Å². The third-order valence-electron chi connectivity index (χ3n) is 5.08. The maximum atomic E-state index is 11.9. The molecule has 0 bridgehead atoms. The average Bonchev–Trinajstić information content (AvgIpc) is 2.09. The van der Waals surface area contributed by atoms with Crippen LogP contribution in [0.25, 0.3) is 0 Å². The van der Waals surface area contributed by atoms with E-state index in [0.717, 1.165) is 12.8 Å². The molecule has 0 heterocycles. The van der Waals surface area contributed by atoms with E-state index in [4.69, 9.17) is 0 Å². The van der Waals surface area contributed by atoms with Crippen molar-refractivity contribution in [1.29, 1.82) is 0 Å². The molecule has 0 saturated heterocycles. The number of rotatable bonds is 0. The molecule has 0 spiro atoms. The molecule has 86 valence electrons. The van der Waals surface area contributed by atoms with E-state index >= 15 is 0 Å². The second-order valence-corrected chi connectivity index (χ2v) is 6.82. The van der Waals surface area contributed by atoms with Gasteiger partial charge in [-0.2, -0.15) is 0 Å². The van der Waals surface area contributed by atoms with Crippen LogP contribution in [-0.4, -0.2) is 5.78 Å². The van der Waals surface area contributed by atoms with E-state index in [-0.39, 0.29) is 0 Å². The van der Waals surface area contributed by atoms with Gasteiger partial charge in [-0.1, -0.05) is 34.1 Å². The zero-order valence-electron chi connectivity index (χ0n) is 10.6. The molecule has 0 aliphatic heterocycles. The Bertz CT molecular complexity index is 279. The first-order valence-electron chi connectivity index (χ1n) is 6.38. The Labute approximate surface area is 93.6 Å². The molecule has 0 aromatic rings. The number of fused-ring (bicyclic) bond motifs is 1. The van der Waals surface area contributed by atoms with E-state index in [9.17, 15) is 4.79 Å². The first kappa shape index (κ1) is 11.2. The number of hydrogen-bond acceptors (Lipinski definition) is 1. The highest BCUT2D eigenvalue weighted by Gasteiger charge is 2.50. The summed E-state index contributed by atoms with van der Waals surface area (Å²) in [5.41, 5.74) is 0.817. The molecule has 2 rings (SSSR count). The molecule has 0 N–H and O–H groups in total. The van der Waals surface area contributed by atoms with Gasteiger partial charge in [0.15, 0.2) is 0 Å². The second-order valence-electron chi connectivity index (χ2n) is 6.82. The highest BCUT2D eigenvalue weighted by atomic mass is 16.1. The Kier molecular flexibility index (Phi) is 2.48. The van der Waals surface area contributed by atoms with Crippen LogP contribution in [0.2, 0.25) is 0 Å². The van der Waals surface area contributed by atoms with Crippen molar-refractivity contribution in [1.82, 2.24) is 0 Å². The lowest BCUT2D eigenvalue weighted by Crippen LogP contribution is -2.48. The molecule has 1 heteroatoms. The van der Waals surface area contributed by atoms with Gasteiger partial charge in [0.1, 0.15) is 5.78 Å². The Balaban J connectivity index is 2.28. The van der Waals surface area contributed by atoms with Gasteiger partial charge in [-0.3, -0.25) is 4.79 Å². The highest BCUT2D eigenvalue weighted by molar-refractivity contribution is 5.82. The van der Waals surface area contributed by atoms with Gasteiger partial charge in [0.25, 0.3) is 0 Å². The van der Waals surface area contributed by atoms with Gasteiger partial charge in [0, 0.05) is 12.3 Å². The van der Waals surface area contributed by atoms with Crippen LogP contribution in [0.5, 0.6) is 0 Å². The topological polar surface area (TPSA) is 17.1 Å². The fourth-order valence-electron chi connectivity index (χ4n) is 4.22. The first-order chi connectivity index (χ1) is 6.85. The Hall–Kier alpha value is -0.330. The summed E-state index contributed by atoms with van der Waals surface area (Å²) < 4.78 is 0. The highest BCUT2D eigenvalue weighted by Crippen LogP contribution is 2.57. The zero-order valence-corrected chi connectivity index (χ0v) is 10.6. The summed E-state index contributed by atoms with van der Waals surface area (Å²) in [5.74, 6) is 1.44. The SMILES string of the molecule is CC1CC2(C)CCCC(C)(C)C2CC1=O. The molecule has 2 fully saturated rings. The van der Waals surface area contributed by atoms with E-state index in [1.165, 1.54) is 19.3 Å². The van der Waals surface area contributed by atoms with E-state index in [1.54, 1.807) is 0 Å². The third-order valence-corrected chi connectivity index (χ3v) is 5.08. The monoisotopic (exact) mass is 208 g/mol. The first-order valence-corrected chi connectivity index (χ1v) is 6.38. The number of carbonyl (C=O) groups is 1. The summed E-state index contributed by atoms with van der Waals surface area (Å²) in [4.78, 5) is 11.9. The molecular formula is C14H24O. The predicted octanol–water partition coefficient (Wildman–Crippen LogP) is 3.82. The molecule has 2 saturated carbocycles. The molecule has 0 aromatic heterocycles. The molecule has 2 aliphatic carbocycles. The van der Waals surface area contributed by atoms with Crippen LogP contribution in [0.4, 0.5) is 0 Å². The van der Waals surface area contributed by atoms with Crippen LogP contribution in [0, 0.1) is 22.7 Å². The smallest absolute Gasteiger partial charge is 0.136 e. The lowest BCUT2D eigenvalue weighted by molar-refractivity contribution is -0.137. The van der Waals surface area contributed by atoms with Crippen LogP contribution in [0.15, 0.2) is 0 Å². The van der Waals surface area contributed by atoms with Crippen LogP contribution < -0.4 is 0 Å². The maximum Gasteiger partial charge on any atom is 0.136 e. The molecule has 2 aliphatic rings. The van der Waals surface area contributed by atoms with E-state index in [1.807, 2.05) is 0 Å². The summed E-state index contributed by atoms with van der Waals surface area (Å²) in [6.07, 6.45) is 5.94. The number of carbonyl (C=O) groups excluding carboxylic acids is 1. The van der Waals surface area contributed by atoms with Gasteiger partial charge >= 0.3 is 0 Å². The van der Waals surface area contributed by atoms with Crippen molar-refractivity contribution in [2.24, 2.45) is 22.7 Å². The fourth-order valence-corrected chi connectivity index (χ4v) is 4.22. The van der Waals surface area contributed by atoms with Crippen LogP contribution >= 0.6 is 0 Å². The summed E-state index contributed by atoms with van der Waals surface area (Å²) in [7, 11) is 0. The molecule has 15 heavy (non-hydrogen) atoms. The van der Waals surface area contributed by atoms with Crippen molar-refractivity contribution < 1.29 is 4.79 Å². The predicted molar refractivity (Wildman–Crippen MR) is 62.6 cm³/mol.